The lowest BCUT2D eigenvalue weighted by Crippen LogP contribution is -2.32. The highest BCUT2D eigenvalue weighted by Crippen LogP contribution is 2.12. The number of carbonyl (C=O) groups is 2. The number of carboxylic acid groups (broad SMARTS) is 1. The van der Waals surface area contributed by atoms with Crippen molar-refractivity contribution in [1.82, 2.24) is 5.32 Å². The molecule has 0 saturated heterocycles. The second kappa shape index (κ2) is 4.54. The number of benzene rings is 1. The summed E-state index contributed by atoms with van der Waals surface area (Å²) >= 11 is 0. The fraction of sp³-hybridized carbons (Fsp3) is 0.200. The monoisotopic (exact) mass is 211 g/mol. The molecule has 0 aliphatic heterocycles. The highest BCUT2D eigenvalue weighted by molar-refractivity contribution is 6.31. The third-order valence-electron chi connectivity index (χ3n) is 1.89. The van der Waals surface area contributed by atoms with E-state index < -0.39 is 23.7 Å². The van der Waals surface area contributed by atoms with Crippen LogP contribution in [0.2, 0.25) is 0 Å². The largest absolute Gasteiger partial charge is 0.474 e. The number of halogens is 1. The van der Waals surface area contributed by atoms with Crippen LogP contribution < -0.4 is 5.32 Å². The van der Waals surface area contributed by atoms with E-state index in [2.05, 4.69) is 5.32 Å². The standard InChI is InChI=1S/C10H10FNO3/c1-6(12-9(13)10(14)15)7-3-2-4-8(11)5-7/h2-6H,1H3,(H,12,13)(H,14,15). The smallest absolute Gasteiger partial charge is 0.394 e. The van der Waals surface area contributed by atoms with Gasteiger partial charge in [-0.2, -0.15) is 0 Å². The molecule has 0 aromatic heterocycles. The van der Waals surface area contributed by atoms with Crippen LogP contribution in [-0.4, -0.2) is 17.0 Å². The van der Waals surface area contributed by atoms with Crippen molar-refractivity contribution in [1.29, 1.82) is 0 Å². The number of hydrogen-bond donors (Lipinski definition) is 2. The predicted molar refractivity (Wildman–Crippen MR) is 50.6 cm³/mol. The first-order chi connectivity index (χ1) is 7.00. The van der Waals surface area contributed by atoms with Crippen LogP contribution in [-0.2, 0) is 9.59 Å². The average molecular weight is 211 g/mol. The van der Waals surface area contributed by atoms with Gasteiger partial charge in [-0.25, -0.2) is 9.18 Å². The van der Waals surface area contributed by atoms with Crippen molar-refractivity contribution < 1.29 is 19.1 Å². The molecule has 0 aliphatic rings. The predicted octanol–water partition coefficient (Wildman–Crippen LogP) is 1.09. The molecule has 0 saturated carbocycles. The minimum atomic E-state index is -1.56. The Kier molecular flexibility index (Phi) is 3.38. The van der Waals surface area contributed by atoms with Crippen LogP contribution in [0, 0.1) is 5.82 Å². The van der Waals surface area contributed by atoms with Gasteiger partial charge in [0.05, 0.1) is 6.04 Å². The van der Waals surface area contributed by atoms with Crippen LogP contribution in [0.5, 0.6) is 0 Å². The summed E-state index contributed by atoms with van der Waals surface area (Å²) in [6.45, 7) is 1.58. The van der Waals surface area contributed by atoms with Crippen LogP contribution >= 0.6 is 0 Å². The second-order valence-electron chi connectivity index (χ2n) is 3.06. The maximum Gasteiger partial charge on any atom is 0.394 e. The topological polar surface area (TPSA) is 66.4 Å². The Labute approximate surface area is 85.7 Å². The van der Waals surface area contributed by atoms with Gasteiger partial charge >= 0.3 is 11.9 Å². The Morgan fingerprint density at radius 2 is 2.13 bits per heavy atom. The summed E-state index contributed by atoms with van der Waals surface area (Å²) in [4.78, 5) is 21.1. The molecule has 0 spiro atoms. The summed E-state index contributed by atoms with van der Waals surface area (Å²) in [5.74, 6) is -3.09. The van der Waals surface area contributed by atoms with Crippen LogP contribution in [0.4, 0.5) is 4.39 Å². The number of aliphatic carboxylic acids is 1. The summed E-state index contributed by atoms with van der Waals surface area (Å²) in [5, 5.41) is 10.6. The summed E-state index contributed by atoms with van der Waals surface area (Å²) in [6, 6.07) is 5.08. The van der Waals surface area contributed by atoms with Gasteiger partial charge in [0.1, 0.15) is 5.82 Å². The number of nitrogens with one attached hydrogen (secondary N) is 1. The molecule has 80 valence electrons. The molecule has 1 amide bonds. The first kappa shape index (κ1) is 11.2. The number of hydrogen-bond acceptors (Lipinski definition) is 2. The Balaban J connectivity index is 2.73. The van der Waals surface area contributed by atoms with E-state index in [9.17, 15) is 14.0 Å². The van der Waals surface area contributed by atoms with Crippen molar-refractivity contribution in [3.05, 3.63) is 35.6 Å². The van der Waals surface area contributed by atoms with Gasteiger partial charge in [-0.15, -0.1) is 0 Å². The minimum absolute atomic E-state index is 0.427. The van der Waals surface area contributed by atoms with Crippen LogP contribution in [0.3, 0.4) is 0 Å². The third-order valence-corrected chi connectivity index (χ3v) is 1.89. The molecule has 1 aromatic rings. The molecular formula is C10H10FNO3. The quantitative estimate of drug-likeness (QED) is 0.719. The van der Waals surface area contributed by atoms with Gasteiger partial charge in [0.25, 0.3) is 0 Å². The molecule has 1 rings (SSSR count). The van der Waals surface area contributed by atoms with Gasteiger partial charge in [0.2, 0.25) is 0 Å². The van der Waals surface area contributed by atoms with E-state index in [0.29, 0.717) is 5.56 Å². The lowest BCUT2D eigenvalue weighted by molar-refractivity contribution is -0.150. The molecule has 1 atom stereocenters. The maximum atomic E-state index is 12.8. The van der Waals surface area contributed by atoms with Crippen molar-refractivity contribution in [2.75, 3.05) is 0 Å². The molecule has 15 heavy (non-hydrogen) atoms. The molecule has 5 heteroatoms. The average Bonchev–Trinajstić information content (AvgIpc) is 2.17. The van der Waals surface area contributed by atoms with Crippen LogP contribution in [0.25, 0.3) is 0 Å². The molecule has 0 fully saturated rings. The van der Waals surface area contributed by atoms with E-state index in [1.54, 1.807) is 13.0 Å². The number of rotatable bonds is 2. The first-order valence-corrected chi connectivity index (χ1v) is 4.30. The van der Waals surface area contributed by atoms with Crippen molar-refractivity contribution in [2.24, 2.45) is 0 Å². The third kappa shape index (κ3) is 3.05. The van der Waals surface area contributed by atoms with Gasteiger partial charge in [-0.3, -0.25) is 4.79 Å². The zero-order chi connectivity index (χ0) is 11.4. The zero-order valence-corrected chi connectivity index (χ0v) is 8.03. The molecule has 1 unspecified atom stereocenters. The van der Waals surface area contributed by atoms with Crippen molar-refractivity contribution >= 4 is 11.9 Å². The van der Waals surface area contributed by atoms with E-state index in [1.165, 1.54) is 18.2 Å². The Morgan fingerprint density at radius 1 is 1.47 bits per heavy atom. The Morgan fingerprint density at radius 3 is 2.67 bits per heavy atom. The maximum absolute atomic E-state index is 12.8. The van der Waals surface area contributed by atoms with E-state index in [0.717, 1.165) is 0 Å². The summed E-state index contributed by atoms with van der Waals surface area (Å²) < 4.78 is 12.8. The van der Waals surface area contributed by atoms with E-state index >= 15 is 0 Å². The molecule has 0 radical (unpaired) electrons. The summed E-state index contributed by atoms with van der Waals surface area (Å²) in [5.41, 5.74) is 0.518. The molecular weight excluding hydrogens is 201 g/mol. The van der Waals surface area contributed by atoms with Crippen LogP contribution in [0.15, 0.2) is 24.3 Å². The van der Waals surface area contributed by atoms with Gasteiger partial charge in [0.15, 0.2) is 0 Å². The van der Waals surface area contributed by atoms with Gasteiger partial charge in [-0.05, 0) is 24.6 Å². The summed E-state index contributed by atoms with van der Waals surface area (Å²) in [7, 11) is 0. The highest BCUT2D eigenvalue weighted by Gasteiger charge is 2.15. The number of amides is 1. The Bertz CT molecular complexity index is 392. The second-order valence-corrected chi connectivity index (χ2v) is 3.06. The SMILES string of the molecule is CC(NC(=O)C(=O)O)c1cccc(F)c1. The van der Waals surface area contributed by atoms with Gasteiger partial charge < -0.3 is 10.4 Å². The van der Waals surface area contributed by atoms with Crippen molar-refractivity contribution in [3.8, 4) is 0 Å². The Hall–Kier alpha value is -1.91. The zero-order valence-electron chi connectivity index (χ0n) is 8.03. The molecule has 0 heterocycles. The minimum Gasteiger partial charge on any atom is -0.474 e. The molecule has 2 N–H and O–H groups in total. The fourth-order valence-corrected chi connectivity index (χ4v) is 1.12. The molecule has 1 aromatic carbocycles. The molecule has 4 nitrogen and oxygen atoms in total. The van der Waals surface area contributed by atoms with Gasteiger partial charge in [0, 0.05) is 0 Å². The highest BCUT2D eigenvalue weighted by atomic mass is 19.1. The van der Waals surface area contributed by atoms with Crippen molar-refractivity contribution in [2.45, 2.75) is 13.0 Å². The normalized spacial score (nSPS) is 11.9. The lowest BCUT2D eigenvalue weighted by atomic mass is 10.1. The van der Waals surface area contributed by atoms with E-state index in [-0.39, 0.29) is 0 Å². The van der Waals surface area contributed by atoms with Gasteiger partial charge in [-0.1, -0.05) is 12.1 Å². The fourth-order valence-electron chi connectivity index (χ4n) is 1.12. The molecule has 0 bridgehead atoms. The number of carbonyl (C=O) groups excluding carboxylic acids is 1. The first-order valence-electron chi connectivity index (χ1n) is 4.30. The van der Waals surface area contributed by atoms with E-state index in [4.69, 9.17) is 5.11 Å². The number of carboxylic acids is 1. The molecule has 0 aliphatic carbocycles. The van der Waals surface area contributed by atoms with Crippen LogP contribution in [0.1, 0.15) is 18.5 Å². The van der Waals surface area contributed by atoms with E-state index in [1.807, 2.05) is 0 Å². The van der Waals surface area contributed by atoms with Crippen molar-refractivity contribution in [3.63, 3.8) is 0 Å². The summed E-state index contributed by atoms with van der Waals surface area (Å²) in [6.07, 6.45) is 0. The lowest BCUT2D eigenvalue weighted by Gasteiger charge is -2.12.